The second-order valence-corrected chi connectivity index (χ2v) is 7.08. The van der Waals surface area contributed by atoms with Gasteiger partial charge in [0.05, 0.1) is 6.04 Å². The summed E-state index contributed by atoms with van der Waals surface area (Å²) in [5.74, 6) is -0.390. The molecule has 5 heteroatoms. The van der Waals surface area contributed by atoms with Gasteiger partial charge in [0, 0.05) is 25.1 Å². The van der Waals surface area contributed by atoms with E-state index in [4.69, 9.17) is 0 Å². The molecule has 1 aliphatic rings. The van der Waals surface area contributed by atoms with Gasteiger partial charge in [0.15, 0.2) is 0 Å². The monoisotopic (exact) mass is 374 g/mol. The smallest absolute Gasteiger partial charge is 0.263 e. The minimum Gasteiger partial charge on any atom is -0.383 e. The number of nitrogens with one attached hydrogen (secondary N) is 2. The normalized spacial score (nSPS) is 14.5. The molecule has 144 valence electrons. The molecule has 1 heterocycles. The Morgan fingerprint density at radius 3 is 2.82 bits per heavy atom. The number of hydrogen-bond acceptors (Lipinski definition) is 4. The fourth-order valence-electron chi connectivity index (χ4n) is 3.53. The topological polar surface area (TPSA) is 77.8 Å². The number of carbonyl (C=O) groups excluding carboxylic acids is 1. The van der Waals surface area contributed by atoms with Crippen LogP contribution in [0.4, 0.5) is 0 Å². The average Bonchev–Trinajstić information content (AvgIpc) is 2.75. The SMILES string of the molecule is CCC(N/C=C(/C#N)C(=O)NCc1cccnc1)c1ccc2c(c1)CCCC2. The van der Waals surface area contributed by atoms with Crippen molar-refractivity contribution < 1.29 is 4.79 Å². The predicted molar refractivity (Wildman–Crippen MR) is 109 cm³/mol. The van der Waals surface area contributed by atoms with Gasteiger partial charge in [-0.1, -0.05) is 31.2 Å². The standard InChI is InChI=1S/C23H26N4O/c1-2-22(20-10-9-18-7-3-4-8-19(18)12-20)26-16-21(13-24)23(28)27-15-17-6-5-11-25-14-17/h5-6,9-12,14,16,22,26H,2-4,7-8,15H2,1H3,(H,27,28)/b21-16-. The Hall–Kier alpha value is -3.13. The number of carbonyl (C=O) groups is 1. The number of fused-ring (bicyclic) bond motifs is 1. The Labute approximate surface area is 166 Å². The van der Waals surface area contributed by atoms with E-state index >= 15 is 0 Å². The van der Waals surface area contributed by atoms with Crippen LogP contribution < -0.4 is 10.6 Å². The van der Waals surface area contributed by atoms with Gasteiger partial charge in [-0.2, -0.15) is 5.26 Å². The van der Waals surface area contributed by atoms with Gasteiger partial charge in [-0.3, -0.25) is 9.78 Å². The fraction of sp³-hybridized carbons (Fsp3) is 0.348. The fourth-order valence-corrected chi connectivity index (χ4v) is 3.53. The Kier molecular flexibility index (Phi) is 6.80. The van der Waals surface area contributed by atoms with Crippen molar-refractivity contribution in [1.29, 1.82) is 5.26 Å². The van der Waals surface area contributed by atoms with Gasteiger partial charge < -0.3 is 10.6 Å². The molecular formula is C23H26N4O. The van der Waals surface area contributed by atoms with E-state index in [0.29, 0.717) is 6.54 Å². The summed E-state index contributed by atoms with van der Waals surface area (Å²) in [5, 5.41) is 15.4. The maximum Gasteiger partial charge on any atom is 0.263 e. The lowest BCUT2D eigenvalue weighted by atomic mass is 9.89. The molecule has 1 atom stereocenters. The molecule has 1 aliphatic carbocycles. The van der Waals surface area contributed by atoms with Crippen LogP contribution in [0.25, 0.3) is 0 Å². The number of hydrogen-bond donors (Lipinski definition) is 2. The van der Waals surface area contributed by atoms with Gasteiger partial charge in [-0.05, 0) is 60.4 Å². The molecule has 0 saturated heterocycles. The summed E-state index contributed by atoms with van der Waals surface area (Å²) in [6, 6.07) is 12.4. The molecule has 0 radical (unpaired) electrons. The highest BCUT2D eigenvalue weighted by molar-refractivity contribution is 5.97. The number of amides is 1. The zero-order valence-electron chi connectivity index (χ0n) is 16.2. The van der Waals surface area contributed by atoms with Crippen LogP contribution in [-0.4, -0.2) is 10.9 Å². The second kappa shape index (κ2) is 9.70. The van der Waals surface area contributed by atoms with E-state index in [0.717, 1.165) is 24.8 Å². The molecule has 2 aromatic rings. The van der Waals surface area contributed by atoms with E-state index in [2.05, 4.69) is 40.7 Å². The highest BCUT2D eigenvalue weighted by Gasteiger charge is 2.15. The quantitative estimate of drug-likeness (QED) is 0.572. The first-order chi connectivity index (χ1) is 13.7. The molecule has 28 heavy (non-hydrogen) atoms. The van der Waals surface area contributed by atoms with Crippen LogP contribution in [0.5, 0.6) is 0 Å². The molecule has 1 aromatic heterocycles. The lowest BCUT2D eigenvalue weighted by Crippen LogP contribution is -2.26. The first kappa shape index (κ1) is 19.6. The van der Waals surface area contributed by atoms with E-state index in [9.17, 15) is 10.1 Å². The third-order valence-corrected chi connectivity index (χ3v) is 5.15. The van der Waals surface area contributed by atoms with Crippen LogP contribution >= 0.6 is 0 Å². The van der Waals surface area contributed by atoms with Crippen LogP contribution in [0, 0.1) is 11.3 Å². The Morgan fingerprint density at radius 1 is 1.29 bits per heavy atom. The predicted octanol–water partition coefficient (Wildman–Crippen LogP) is 3.72. The van der Waals surface area contributed by atoms with Crippen molar-refractivity contribution in [1.82, 2.24) is 15.6 Å². The lowest BCUT2D eigenvalue weighted by Gasteiger charge is -2.21. The lowest BCUT2D eigenvalue weighted by molar-refractivity contribution is -0.117. The molecule has 5 nitrogen and oxygen atoms in total. The Bertz CT molecular complexity index is 883. The highest BCUT2D eigenvalue weighted by atomic mass is 16.1. The molecular weight excluding hydrogens is 348 g/mol. The molecule has 3 rings (SSSR count). The number of aryl methyl sites for hydroxylation is 2. The van der Waals surface area contributed by atoms with Crippen molar-refractivity contribution in [2.24, 2.45) is 0 Å². The maximum atomic E-state index is 12.3. The van der Waals surface area contributed by atoms with Gasteiger partial charge in [0.2, 0.25) is 0 Å². The number of rotatable bonds is 7. The average molecular weight is 374 g/mol. The van der Waals surface area contributed by atoms with Crippen LogP contribution in [0.2, 0.25) is 0 Å². The van der Waals surface area contributed by atoms with E-state index in [1.54, 1.807) is 12.4 Å². The van der Waals surface area contributed by atoms with Crippen molar-refractivity contribution in [3.8, 4) is 6.07 Å². The first-order valence-electron chi connectivity index (χ1n) is 9.86. The first-order valence-corrected chi connectivity index (χ1v) is 9.86. The van der Waals surface area contributed by atoms with E-state index in [1.165, 1.54) is 35.7 Å². The molecule has 0 fully saturated rings. The number of benzene rings is 1. The zero-order valence-corrected chi connectivity index (χ0v) is 16.2. The third-order valence-electron chi connectivity index (χ3n) is 5.15. The molecule has 1 unspecified atom stereocenters. The summed E-state index contributed by atoms with van der Waals surface area (Å²) in [4.78, 5) is 16.3. The second-order valence-electron chi connectivity index (χ2n) is 7.08. The molecule has 1 amide bonds. The third kappa shape index (κ3) is 4.98. The van der Waals surface area contributed by atoms with Crippen molar-refractivity contribution in [2.75, 3.05) is 0 Å². The van der Waals surface area contributed by atoms with Gasteiger partial charge >= 0.3 is 0 Å². The summed E-state index contributed by atoms with van der Waals surface area (Å²) in [7, 11) is 0. The minimum atomic E-state index is -0.390. The van der Waals surface area contributed by atoms with Crippen molar-refractivity contribution in [2.45, 2.75) is 51.6 Å². The van der Waals surface area contributed by atoms with Gasteiger partial charge in [0.1, 0.15) is 11.6 Å². The van der Waals surface area contributed by atoms with Crippen LogP contribution in [0.1, 0.15) is 54.5 Å². The summed E-state index contributed by atoms with van der Waals surface area (Å²) >= 11 is 0. The highest BCUT2D eigenvalue weighted by Crippen LogP contribution is 2.26. The summed E-state index contributed by atoms with van der Waals surface area (Å²) in [6.45, 7) is 2.44. The van der Waals surface area contributed by atoms with Crippen LogP contribution in [0.15, 0.2) is 54.5 Å². The number of aromatic nitrogens is 1. The Balaban J connectivity index is 1.65. The molecule has 1 aromatic carbocycles. The van der Waals surface area contributed by atoms with Crippen molar-refractivity contribution in [3.05, 3.63) is 76.8 Å². The van der Waals surface area contributed by atoms with Crippen LogP contribution in [0.3, 0.4) is 0 Å². The number of pyridine rings is 1. The molecule has 0 spiro atoms. The van der Waals surface area contributed by atoms with Crippen molar-refractivity contribution in [3.63, 3.8) is 0 Å². The molecule has 2 N–H and O–H groups in total. The minimum absolute atomic E-state index is 0.0697. The summed E-state index contributed by atoms with van der Waals surface area (Å²) in [5.41, 5.74) is 5.05. The molecule has 0 aliphatic heterocycles. The largest absolute Gasteiger partial charge is 0.383 e. The maximum absolute atomic E-state index is 12.3. The molecule has 0 bridgehead atoms. The van der Waals surface area contributed by atoms with E-state index in [1.807, 2.05) is 18.2 Å². The van der Waals surface area contributed by atoms with Gasteiger partial charge in [-0.25, -0.2) is 0 Å². The van der Waals surface area contributed by atoms with Crippen molar-refractivity contribution >= 4 is 5.91 Å². The van der Waals surface area contributed by atoms with Gasteiger partial charge in [0.25, 0.3) is 5.91 Å². The van der Waals surface area contributed by atoms with Crippen LogP contribution in [-0.2, 0) is 24.2 Å². The van der Waals surface area contributed by atoms with Gasteiger partial charge in [-0.15, -0.1) is 0 Å². The zero-order chi connectivity index (χ0) is 19.8. The summed E-state index contributed by atoms with van der Waals surface area (Å²) in [6.07, 6.45) is 10.6. The Morgan fingerprint density at radius 2 is 2.11 bits per heavy atom. The molecule has 0 saturated carbocycles. The van der Waals surface area contributed by atoms with E-state index in [-0.39, 0.29) is 17.5 Å². The summed E-state index contributed by atoms with van der Waals surface area (Å²) < 4.78 is 0. The number of nitriles is 1. The van der Waals surface area contributed by atoms with E-state index < -0.39 is 0 Å². The number of nitrogens with zero attached hydrogens (tertiary/aromatic N) is 2.